The minimum absolute atomic E-state index is 0.0597. The van der Waals surface area contributed by atoms with Crippen molar-refractivity contribution in [2.45, 2.75) is 38.6 Å². The lowest BCUT2D eigenvalue weighted by Gasteiger charge is -2.31. The molecular formula is C14H22N2O4. The van der Waals surface area contributed by atoms with Gasteiger partial charge in [0.15, 0.2) is 0 Å². The number of nitrogens with one attached hydrogen (secondary N) is 1. The standard InChI is InChI=1S/C14H22N2O4/c1-8-5-10(11(6-8)14(19)20)13(18)15-9-3-4-12(17)16(2)7-9/h8-11H,3-7H2,1-2H3,(H,15,18)(H,19,20)/t8?,9?,10-,11+/m0/s1. The molecule has 6 heteroatoms. The van der Waals surface area contributed by atoms with Crippen LogP contribution in [0.4, 0.5) is 0 Å². The first kappa shape index (κ1) is 14.8. The molecule has 0 aromatic rings. The SMILES string of the molecule is CC1C[C@H](C(=O)NC2CCC(=O)N(C)C2)[C@H](C(=O)O)C1. The van der Waals surface area contributed by atoms with Crippen molar-refractivity contribution >= 4 is 17.8 Å². The number of rotatable bonds is 3. The molecule has 6 nitrogen and oxygen atoms in total. The van der Waals surface area contributed by atoms with Crippen LogP contribution >= 0.6 is 0 Å². The van der Waals surface area contributed by atoms with E-state index in [0.717, 1.165) is 0 Å². The molecule has 1 aliphatic heterocycles. The number of likely N-dealkylation sites (N-methyl/N-ethyl adjacent to an activating group) is 1. The van der Waals surface area contributed by atoms with Crippen molar-refractivity contribution in [3.63, 3.8) is 0 Å². The summed E-state index contributed by atoms with van der Waals surface area (Å²) in [6, 6.07) is -0.0597. The fraction of sp³-hybridized carbons (Fsp3) is 0.786. The third-order valence-electron chi connectivity index (χ3n) is 4.43. The highest BCUT2D eigenvalue weighted by molar-refractivity contribution is 5.86. The molecule has 0 aromatic carbocycles. The zero-order valence-corrected chi connectivity index (χ0v) is 12.0. The maximum Gasteiger partial charge on any atom is 0.307 e. The summed E-state index contributed by atoms with van der Waals surface area (Å²) >= 11 is 0. The van der Waals surface area contributed by atoms with Crippen LogP contribution in [0.25, 0.3) is 0 Å². The molecule has 0 aromatic heterocycles. The van der Waals surface area contributed by atoms with Gasteiger partial charge in [-0.1, -0.05) is 6.92 Å². The van der Waals surface area contributed by atoms with Crippen molar-refractivity contribution in [1.29, 1.82) is 0 Å². The van der Waals surface area contributed by atoms with E-state index in [-0.39, 0.29) is 23.8 Å². The molecule has 1 aliphatic carbocycles. The Morgan fingerprint density at radius 2 is 1.95 bits per heavy atom. The van der Waals surface area contributed by atoms with Crippen molar-refractivity contribution in [3.05, 3.63) is 0 Å². The van der Waals surface area contributed by atoms with E-state index in [1.54, 1.807) is 11.9 Å². The molecule has 20 heavy (non-hydrogen) atoms. The molecule has 1 saturated carbocycles. The number of aliphatic carboxylic acids is 1. The zero-order chi connectivity index (χ0) is 14.9. The molecule has 2 aliphatic rings. The van der Waals surface area contributed by atoms with Crippen LogP contribution in [0.15, 0.2) is 0 Å². The van der Waals surface area contributed by atoms with Crippen molar-refractivity contribution in [2.24, 2.45) is 17.8 Å². The van der Waals surface area contributed by atoms with Gasteiger partial charge >= 0.3 is 5.97 Å². The number of nitrogens with zero attached hydrogens (tertiary/aromatic N) is 1. The van der Waals surface area contributed by atoms with Crippen LogP contribution in [0.1, 0.15) is 32.6 Å². The van der Waals surface area contributed by atoms with Gasteiger partial charge in [0.1, 0.15) is 0 Å². The molecule has 0 spiro atoms. The molecule has 2 fully saturated rings. The van der Waals surface area contributed by atoms with E-state index in [0.29, 0.717) is 32.2 Å². The smallest absolute Gasteiger partial charge is 0.307 e. The normalized spacial score (nSPS) is 34.1. The highest BCUT2D eigenvalue weighted by atomic mass is 16.4. The number of carbonyl (C=O) groups excluding carboxylic acids is 2. The predicted molar refractivity (Wildman–Crippen MR) is 71.8 cm³/mol. The van der Waals surface area contributed by atoms with Crippen LogP contribution in [0.2, 0.25) is 0 Å². The maximum atomic E-state index is 12.3. The summed E-state index contributed by atoms with van der Waals surface area (Å²) in [5.74, 6) is -1.71. The minimum atomic E-state index is -0.884. The van der Waals surface area contributed by atoms with Gasteiger partial charge in [-0.2, -0.15) is 0 Å². The Labute approximate surface area is 118 Å². The van der Waals surface area contributed by atoms with Crippen LogP contribution < -0.4 is 5.32 Å². The highest BCUT2D eigenvalue weighted by Gasteiger charge is 2.41. The fourth-order valence-electron chi connectivity index (χ4n) is 3.29. The third kappa shape index (κ3) is 3.11. The second-order valence-electron chi connectivity index (χ2n) is 6.15. The van der Waals surface area contributed by atoms with E-state index in [1.807, 2.05) is 6.92 Å². The molecule has 2 unspecified atom stereocenters. The number of hydrogen-bond acceptors (Lipinski definition) is 3. The van der Waals surface area contributed by atoms with Gasteiger partial charge in [-0.15, -0.1) is 0 Å². The van der Waals surface area contributed by atoms with Crippen LogP contribution in [0, 0.1) is 17.8 Å². The number of hydrogen-bond donors (Lipinski definition) is 2. The summed E-state index contributed by atoms with van der Waals surface area (Å²) in [7, 11) is 1.72. The molecule has 1 heterocycles. The molecule has 1 saturated heterocycles. The van der Waals surface area contributed by atoms with Gasteiger partial charge in [-0.3, -0.25) is 14.4 Å². The Hall–Kier alpha value is -1.59. The van der Waals surface area contributed by atoms with Crippen LogP contribution in [-0.2, 0) is 14.4 Å². The monoisotopic (exact) mass is 282 g/mol. The topological polar surface area (TPSA) is 86.7 Å². The van der Waals surface area contributed by atoms with E-state index < -0.39 is 17.8 Å². The summed E-state index contributed by atoms with van der Waals surface area (Å²) in [5.41, 5.74) is 0. The van der Waals surface area contributed by atoms with Crippen LogP contribution in [-0.4, -0.2) is 47.4 Å². The summed E-state index contributed by atoms with van der Waals surface area (Å²) < 4.78 is 0. The average Bonchev–Trinajstić information content (AvgIpc) is 2.76. The number of carboxylic acids is 1. The maximum absolute atomic E-state index is 12.3. The zero-order valence-electron chi connectivity index (χ0n) is 12.0. The number of carboxylic acid groups (broad SMARTS) is 1. The first-order valence-corrected chi connectivity index (χ1v) is 7.15. The number of likely N-dealkylation sites (tertiary alicyclic amines) is 1. The van der Waals surface area contributed by atoms with Crippen molar-refractivity contribution in [2.75, 3.05) is 13.6 Å². The molecule has 0 radical (unpaired) electrons. The molecule has 0 bridgehead atoms. The van der Waals surface area contributed by atoms with E-state index in [2.05, 4.69) is 5.32 Å². The van der Waals surface area contributed by atoms with E-state index in [9.17, 15) is 19.5 Å². The van der Waals surface area contributed by atoms with E-state index >= 15 is 0 Å². The summed E-state index contributed by atoms with van der Waals surface area (Å²) in [6.45, 7) is 2.49. The minimum Gasteiger partial charge on any atom is -0.481 e. The predicted octanol–water partition coefficient (Wildman–Crippen LogP) is 0.470. The van der Waals surface area contributed by atoms with Gasteiger partial charge in [0.2, 0.25) is 11.8 Å². The molecule has 2 N–H and O–H groups in total. The molecular weight excluding hydrogens is 260 g/mol. The van der Waals surface area contributed by atoms with Gasteiger partial charge < -0.3 is 15.3 Å². The largest absolute Gasteiger partial charge is 0.481 e. The molecule has 2 amide bonds. The number of carbonyl (C=O) groups is 3. The average molecular weight is 282 g/mol. The summed E-state index contributed by atoms with van der Waals surface area (Å²) in [4.78, 5) is 36.5. The van der Waals surface area contributed by atoms with Gasteiger partial charge in [-0.05, 0) is 25.2 Å². The van der Waals surface area contributed by atoms with E-state index in [4.69, 9.17) is 0 Å². The molecule has 2 rings (SSSR count). The van der Waals surface area contributed by atoms with Crippen LogP contribution in [0.5, 0.6) is 0 Å². The van der Waals surface area contributed by atoms with Gasteiger partial charge in [0.25, 0.3) is 0 Å². The Morgan fingerprint density at radius 1 is 1.30 bits per heavy atom. The number of piperidine rings is 1. The van der Waals surface area contributed by atoms with Crippen molar-refractivity contribution in [1.82, 2.24) is 10.2 Å². The summed E-state index contributed by atoms with van der Waals surface area (Å²) in [6.07, 6.45) is 2.26. The Morgan fingerprint density at radius 3 is 2.55 bits per heavy atom. The van der Waals surface area contributed by atoms with Gasteiger partial charge in [0, 0.05) is 26.1 Å². The second kappa shape index (κ2) is 5.81. The third-order valence-corrected chi connectivity index (χ3v) is 4.43. The second-order valence-corrected chi connectivity index (χ2v) is 6.15. The Bertz CT molecular complexity index is 423. The Kier molecular flexibility index (Phi) is 4.30. The van der Waals surface area contributed by atoms with Crippen LogP contribution in [0.3, 0.4) is 0 Å². The highest BCUT2D eigenvalue weighted by Crippen LogP contribution is 2.36. The fourth-order valence-corrected chi connectivity index (χ4v) is 3.29. The molecule has 112 valence electrons. The first-order chi connectivity index (χ1) is 9.38. The van der Waals surface area contributed by atoms with Gasteiger partial charge in [-0.25, -0.2) is 0 Å². The molecule has 4 atom stereocenters. The lowest BCUT2D eigenvalue weighted by molar-refractivity contribution is -0.146. The summed E-state index contributed by atoms with van der Waals surface area (Å²) in [5, 5.41) is 12.1. The lowest BCUT2D eigenvalue weighted by Crippen LogP contribution is -2.50. The number of amides is 2. The van der Waals surface area contributed by atoms with E-state index in [1.165, 1.54) is 0 Å². The quantitative estimate of drug-likeness (QED) is 0.788. The Balaban J connectivity index is 1.94. The van der Waals surface area contributed by atoms with Crippen molar-refractivity contribution in [3.8, 4) is 0 Å². The van der Waals surface area contributed by atoms with Gasteiger partial charge in [0.05, 0.1) is 11.8 Å². The lowest BCUT2D eigenvalue weighted by atomic mass is 9.94. The van der Waals surface area contributed by atoms with Crippen molar-refractivity contribution < 1.29 is 19.5 Å². The first-order valence-electron chi connectivity index (χ1n) is 7.15.